The zero-order chi connectivity index (χ0) is 14.1. The molecule has 0 bridgehead atoms. The lowest BCUT2D eigenvalue weighted by Gasteiger charge is -2.08. The van der Waals surface area contributed by atoms with Crippen LogP contribution < -0.4 is 0 Å². The van der Waals surface area contributed by atoms with E-state index in [2.05, 4.69) is 0 Å². The van der Waals surface area contributed by atoms with Crippen molar-refractivity contribution < 1.29 is 26.0 Å². The number of alkyl halides is 3. The van der Waals surface area contributed by atoms with Gasteiger partial charge in [0, 0.05) is 10.7 Å². The van der Waals surface area contributed by atoms with Crippen LogP contribution in [0.1, 0.15) is 5.56 Å². The van der Waals surface area contributed by atoms with Crippen molar-refractivity contribution in [3.63, 3.8) is 0 Å². The predicted molar refractivity (Wildman–Crippen MR) is 56.1 cm³/mol. The van der Waals surface area contributed by atoms with Crippen LogP contribution in [0.5, 0.6) is 0 Å². The molecule has 0 fully saturated rings. The molecule has 0 spiro atoms. The third-order valence-corrected chi connectivity index (χ3v) is 3.80. The van der Waals surface area contributed by atoms with Gasteiger partial charge in [-0.05, 0) is 23.9 Å². The molecule has 0 unspecified atom stereocenters. The minimum absolute atomic E-state index is 0.601. The third kappa shape index (κ3) is 3.51. The molecule has 0 radical (unpaired) electrons. The van der Waals surface area contributed by atoms with Crippen molar-refractivity contribution in [2.24, 2.45) is 0 Å². The highest BCUT2D eigenvalue weighted by atomic mass is 35.7. The van der Waals surface area contributed by atoms with Crippen LogP contribution in [0.2, 0.25) is 0 Å². The number of thioether (sulfide) groups is 1. The Labute approximate surface area is 108 Å². The highest BCUT2D eigenvalue weighted by Crippen LogP contribution is 2.39. The van der Waals surface area contributed by atoms with Crippen molar-refractivity contribution >= 4 is 31.5 Å². The van der Waals surface area contributed by atoms with Crippen LogP contribution in [0.4, 0.5) is 17.6 Å². The van der Waals surface area contributed by atoms with Crippen LogP contribution >= 0.6 is 22.4 Å². The zero-order valence-electron chi connectivity index (χ0n) is 8.12. The van der Waals surface area contributed by atoms with Crippen molar-refractivity contribution in [2.45, 2.75) is 15.3 Å². The molecule has 0 aliphatic carbocycles. The number of nitrogens with zero attached hydrogens (tertiary/aromatic N) is 1. The Hall–Kier alpha value is -0.980. The molecule has 0 saturated heterocycles. The first-order valence-corrected chi connectivity index (χ1v) is 7.12. The summed E-state index contributed by atoms with van der Waals surface area (Å²) in [5.41, 5.74) is -5.80. The molecule has 0 heterocycles. The first-order chi connectivity index (χ1) is 8.06. The van der Waals surface area contributed by atoms with E-state index in [0.29, 0.717) is 12.1 Å². The average molecular weight is 320 g/mol. The molecule has 0 aliphatic rings. The zero-order valence-corrected chi connectivity index (χ0v) is 10.5. The van der Waals surface area contributed by atoms with E-state index in [1.54, 1.807) is 0 Å². The van der Waals surface area contributed by atoms with Crippen molar-refractivity contribution in [3.05, 3.63) is 23.5 Å². The van der Waals surface area contributed by atoms with E-state index in [1.165, 1.54) is 6.07 Å². The fraction of sp³-hybridized carbons (Fsp3) is 0.125. The predicted octanol–water partition coefficient (Wildman–Crippen LogP) is 3.24. The molecular weight excluding hydrogens is 318 g/mol. The van der Waals surface area contributed by atoms with Crippen LogP contribution in [0.25, 0.3) is 0 Å². The van der Waals surface area contributed by atoms with E-state index in [1.807, 2.05) is 0 Å². The topological polar surface area (TPSA) is 57.9 Å². The Morgan fingerprint density at radius 2 is 1.89 bits per heavy atom. The minimum atomic E-state index is -4.76. The molecule has 1 rings (SSSR count). The molecule has 10 heteroatoms. The van der Waals surface area contributed by atoms with E-state index in [0.717, 1.165) is 0 Å². The summed E-state index contributed by atoms with van der Waals surface area (Å²) >= 11 is -0.788. The van der Waals surface area contributed by atoms with Crippen molar-refractivity contribution in [3.8, 4) is 6.07 Å². The molecule has 1 aromatic carbocycles. The highest BCUT2D eigenvalue weighted by molar-refractivity contribution is 8.13. The fourth-order valence-corrected chi connectivity index (χ4v) is 2.62. The first kappa shape index (κ1) is 15.1. The molecule has 0 amide bonds. The van der Waals surface area contributed by atoms with E-state index < -0.39 is 47.5 Å². The van der Waals surface area contributed by atoms with Gasteiger partial charge < -0.3 is 0 Å². The summed E-state index contributed by atoms with van der Waals surface area (Å²) < 4.78 is 71.7. The largest absolute Gasteiger partial charge is 0.446 e. The number of halogens is 5. The fourth-order valence-electron chi connectivity index (χ4n) is 1.05. The van der Waals surface area contributed by atoms with Gasteiger partial charge in [0.2, 0.25) is 0 Å². The van der Waals surface area contributed by atoms with Gasteiger partial charge in [-0.15, -0.1) is 0 Å². The standard InChI is InChI=1S/C8H2ClF4NO2S2/c9-18(15,16)6-2-1-5(17-8(11,12)13)7(10)4(6)3-14/h1-2H. The summed E-state index contributed by atoms with van der Waals surface area (Å²) in [6.07, 6.45) is 0. The molecular formula is C8H2ClF4NO2S2. The Morgan fingerprint density at radius 1 is 1.33 bits per heavy atom. The number of hydrogen-bond acceptors (Lipinski definition) is 4. The summed E-state index contributed by atoms with van der Waals surface area (Å²) in [6.45, 7) is 0. The van der Waals surface area contributed by atoms with Crippen LogP contribution in [-0.2, 0) is 9.05 Å². The molecule has 1 aromatic rings. The average Bonchev–Trinajstić information content (AvgIpc) is 2.17. The lowest BCUT2D eigenvalue weighted by Crippen LogP contribution is -2.04. The summed E-state index contributed by atoms with van der Waals surface area (Å²) in [5.74, 6) is -1.57. The SMILES string of the molecule is N#Cc1c(S(=O)(=O)Cl)ccc(SC(F)(F)F)c1F. The van der Waals surface area contributed by atoms with Crippen molar-refractivity contribution in [2.75, 3.05) is 0 Å². The van der Waals surface area contributed by atoms with Gasteiger partial charge in [-0.2, -0.15) is 18.4 Å². The molecule has 3 nitrogen and oxygen atoms in total. The molecule has 0 aromatic heterocycles. The maximum Gasteiger partial charge on any atom is 0.446 e. The molecule has 0 aliphatic heterocycles. The van der Waals surface area contributed by atoms with Crippen molar-refractivity contribution in [1.29, 1.82) is 5.26 Å². The van der Waals surface area contributed by atoms with E-state index in [4.69, 9.17) is 15.9 Å². The maximum absolute atomic E-state index is 13.5. The van der Waals surface area contributed by atoms with Crippen LogP contribution in [0, 0.1) is 17.1 Å². The number of benzene rings is 1. The van der Waals surface area contributed by atoms with Crippen LogP contribution in [0.3, 0.4) is 0 Å². The monoisotopic (exact) mass is 319 g/mol. The third-order valence-electron chi connectivity index (χ3n) is 1.67. The molecule has 0 N–H and O–H groups in total. The summed E-state index contributed by atoms with van der Waals surface area (Å²) in [7, 11) is 0.516. The number of rotatable bonds is 2. The number of nitriles is 1. The van der Waals surface area contributed by atoms with Gasteiger partial charge >= 0.3 is 5.51 Å². The molecule has 0 saturated carbocycles. The number of hydrogen-bond donors (Lipinski definition) is 0. The van der Waals surface area contributed by atoms with Crippen LogP contribution in [-0.4, -0.2) is 13.9 Å². The Balaban J connectivity index is 3.45. The van der Waals surface area contributed by atoms with E-state index >= 15 is 0 Å². The van der Waals surface area contributed by atoms with Gasteiger partial charge in [0.25, 0.3) is 9.05 Å². The van der Waals surface area contributed by atoms with Gasteiger partial charge in [-0.1, -0.05) is 0 Å². The second kappa shape index (κ2) is 4.95. The second-order valence-corrected chi connectivity index (χ2v) is 6.49. The van der Waals surface area contributed by atoms with Gasteiger partial charge in [0.05, 0.1) is 4.90 Å². The van der Waals surface area contributed by atoms with Gasteiger partial charge in [-0.25, -0.2) is 12.8 Å². The molecule has 98 valence electrons. The lowest BCUT2D eigenvalue weighted by atomic mass is 10.2. The van der Waals surface area contributed by atoms with Gasteiger partial charge in [0.15, 0.2) is 5.82 Å². The Morgan fingerprint density at radius 3 is 2.28 bits per heavy atom. The Kier molecular flexibility index (Phi) is 4.15. The van der Waals surface area contributed by atoms with Crippen LogP contribution in [0.15, 0.2) is 21.9 Å². The molecule has 18 heavy (non-hydrogen) atoms. The van der Waals surface area contributed by atoms with E-state index in [9.17, 15) is 26.0 Å². The lowest BCUT2D eigenvalue weighted by molar-refractivity contribution is -0.0329. The minimum Gasteiger partial charge on any atom is -0.207 e. The normalized spacial score (nSPS) is 12.2. The summed E-state index contributed by atoms with van der Waals surface area (Å²) in [6, 6.07) is 2.43. The maximum atomic E-state index is 13.5. The Bertz CT molecular complexity index is 621. The highest BCUT2D eigenvalue weighted by Gasteiger charge is 2.32. The van der Waals surface area contributed by atoms with Gasteiger partial charge in [-0.3, -0.25) is 0 Å². The summed E-state index contributed by atoms with van der Waals surface area (Å²) in [4.78, 5) is -1.76. The van der Waals surface area contributed by atoms with Crippen molar-refractivity contribution in [1.82, 2.24) is 0 Å². The quantitative estimate of drug-likeness (QED) is 0.477. The van der Waals surface area contributed by atoms with Gasteiger partial charge in [0.1, 0.15) is 16.5 Å². The smallest absolute Gasteiger partial charge is 0.207 e. The molecule has 0 atom stereocenters. The first-order valence-electron chi connectivity index (χ1n) is 3.99. The summed E-state index contributed by atoms with van der Waals surface area (Å²) in [5, 5.41) is 8.58. The second-order valence-electron chi connectivity index (χ2n) is 2.85. The van der Waals surface area contributed by atoms with E-state index in [-0.39, 0.29) is 0 Å².